The molecule has 3 amide bonds. The first-order valence-electron chi connectivity index (χ1n) is 7.86. The van der Waals surface area contributed by atoms with Gasteiger partial charge in [0.05, 0.1) is 0 Å². The SMILES string of the molecule is CN(CCc1ccccc1)C(=O)N(C)CCN1CCCC1=O. The minimum atomic E-state index is 0.00239. The van der Waals surface area contributed by atoms with Crippen LogP contribution in [-0.4, -0.2) is 66.9 Å². The Morgan fingerprint density at radius 2 is 1.82 bits per heavy atom. The van der Waals surface area contributed by atoms with Gasteiger partial charge in [0.25, 0.3) is 0 Å². The molecule has 0 aliphatic carbocycles. The molecule has 1 aliphatic heterocycles. The smallest absolute Gasteiger partial charge is 0.319 e. The Labute approximate surface area is 132 Å². The number of amides is 3. The first kappa shape index (κ1) is 16.3. The summed E-state index contributed by atoms with van der Waals surface area (Å²) in [6.45, 7) is 2.73. The molecule has 5 nitrogen and oxygen atoms in total. The molecule has 1 aromatic rings. The van der Waals surface area contributed by atoms with Crippen molar-refractivity contribution in [1.29, 1.82) is 0 Å². The number of hydrogen-bond acceptors (Lipinski definition) is 2. The largest absolute Gasteiger partial charge is 0.341 e. The third-order valence-electron chi connectivity index (χ3n) is 4.11. The molecule has 1 fully saturated rings. The fraction of sp³-hybridized carbons (Fsp3) is 0.529. The van der Waals surface area contributed by atoms with Crippen LogP contribution in [0.5, 0.6) is 0 Å². The standard InChI is InChI=1S/C17H25N3O2/c1-18(12-10-15-7-4-3-5-8-15)17(22)19(2)13-14-20-11-6-9-16(20)21/h3-5,7-8H,6,9-14H2,1-2H3. The molecule has 1 saturated heterocycles. The normalized spacial score (nSPS) is 14.3. The van der Waals surface area contributed by atoms with Crippen LogP contribution >= 0.6 is 0 Å². The topological polar surface area (TPSA) is 43.9 Å². The summed E-state index contributed by atoms with van der Waals surface area (Å²) in [4.78, 5) is 29.1. The average Bonchev–Trinajstić information content (AvgIpc) is 2.95. The van der Waals surface area contributed by atoms with Crippen LogP contribution in [0, 0.1) is 0 Å². The highest BCUT2D eigenvalue weighted by atomic mass is 16.2. The number of likely N-dealkylation sites (N-methyl/N-ethyl adjacent to an activating group) is 2. The highest BCUT2D eigenvalue weighted by Gasteiger charge is 2.21. The van der Waals surface area contributed by atoms with E-state index in [1.807, 2.05) is 30.1 Å². The van der Waals surface area contributed by atoms with Gasteiger partial charge in [-0.15, -0.1) is 0 Å². The molecule has 0 saturated carbocycles. The van der Waals surface area contributed by atoms with Gasteiger partial charge in [-0.3, -0.25) is 4.79 Å². The zero-order valence-corrected chi connectivity index (χ0v) is 13.5. The van der Waals surface area contributed by atoms with E-state index in [-0.39, 0.29) is 11.9 Å². The Hall–Kier alpha value is -2.04. The van der Waals surface area contributed by atoms with Gasteiger partial charge in [0, 0.05) is 46.7 Å². The van der Waals surface area contributed by atoms with Crippen LogP contribution in [0.15, 0.2) is 30.3 Å². The third-order valence-corrected chi connectivity index (χ3v) is 4.11. The number of rotatable bonds is 6. The maximum atomic E-state index is 12.3. The number of carbonyl (C=O) groups excluding carboxylic acids is 2. The first-order valence-corrected chi connectivity index (χ1v) is 7.86. The average molecular weight is 303 g/mol. The number of hydrogen-bond donors (Lipinski definition) is 0. The molecule has 2 rings (SSSR count). The lowest BCUT2D eigenvalue weighted by Crippen LogP contribution is -2.43. The van der Waals surface area contributed by atoms with Crippen molar-refractivity contribution in [3.63, 3.8) is 0 Å². The minimum absolute atomic E-state index is 0.00239. The second-order valence-electron chi connectivity index (χ2n) is 5.85. The van der Waals surface area contributed by atoms with E-state index < -0.39 is 0 Å². The molecule has 0 atom stereocenters. The number of likely N-dealkylation sites (tertiary alicyclic amines) is 1. The van der Waals surface area contributed by atoms with E-state index in [0.717, 1.165) is 19.4 Å². The quantitative estimate of drug-likeness (QED) is 0.805. The zero-order valence-electron chi connectivity index (χ0n) is 13.5. The van der Waals surface area contributed by atoms with Crippen molar-refractivity contribution in [1.82, 2.24) is 14.7 Å². The molecule has 1 heterocycles. The summed E-state index contributed by atoms with van der Waals surface area (Å²) >= 11 is 0. The summed E-state index contributed by atoms with van der Waals surface area (Å²) < 4.78 is 0. The Kier molecular flexibility index (Phi) is 5.81. The van der Waals surface area contributed by atoms with E-state index >= 15 is 0 Å². The predicted molar refractivity (Wildman–Crippen MR) is 86.6 cm³/mol. The van der Waals surface area contributed by atoms with Crippen LogP contribution in [0.4, 0.5) is 4.79 Å². The van der Waals surface area contributed by atoms with Crippen molar-refractivity contribution in [3.8, 4) is 0 Å². The molecular weight excluding hydrogens is 278 g/mol. The van der Waals surface area contributed by atoms with Crippen molar-refractivity contribution < 1.29 is 9.59 Å². The monoisotopic (exact) mass is 303 g/mol. The lowest BCUT2D eigenvalue weighted by Gasteiger charge is -2.26. The lowest BCUT2D eigenvalue weighted by atomic mass is 10.1. The van der Waals surface area contributed by atoms with Gasteiger partial charge in [-0.25, -0.2) is 4.79 Å². The highest BCUT2D eigenvalue weighted by molar-refractivity contribution is 5.78. The third kappa shape index (κ3) is 4.48. The molecule has 0 spiro atoms. The summed E-state index contributed by atoms with van der Waals surface area (Å²) in [6.07, 6.45) is 2.43. The van der Waals surface area contributed by atoms with Crippen LogP contribution in [0.1, 0.15) is 18.4 Å². The second kappa shape index (κ2) is 7.82. The van der Waals surface area contributed by atoms with Crippen LogP contribution in [0.25, 0.3) is 0 Å². The van der Waals surface area contributed by atoms with E-state index in [9.17, 15) is 9.59 Å². The Morgan fingerprint density at radius 1 is 1.14 bits per heavy atom. The molecule has 5 heteroatoms. The zero-order chi connectivity index (χ0) is 15.9. The van der Waals surface area contributed by atoms with Gasteiger partial charge in [0.1, 0.15) is 0 Å². The minimum Gasteiger partial charge on any atom is -0.341 e. The van der Waals surface area contributed by atoms with Gasteiger partial charge >= 0.3 is 6.03 Å². The molecular formula is C17H25N3O2. The van der Waals surface area contributed by atoms with Gasteiger partial charge in [-0.05, 0) is 18.4 Å². The van der Waals surface area contributed by atoms with Crippen LogP contribution in [-0.2, 0) is 11.2 Å². The molecule has 0 unspecified atom stereocenters. The molecule has 120 valence electrons. The number of nitrogens with zero attached hydrogens (tertiary/aromatic N) is 3. The van der Waals surface area contributed by atoms with Crippen molar-refractivity contribution in [2.75, 3.05) is 40.3 Å². The molecule has 22 heavy (non-hydrogen) atoms. The van der Waals surface area contributed by atoms with E-state index in [2.05, 4.69) is 12.1 Å². The first-order chi connectivity index (χ1) is 10.6. The predicted octanol–water partition coefficient (Wildman–Crippen LogP) is 1.84. The summed E-state index contributed by atoms with van der Waals surface area (Å²) in [5.74, 6) is 0.207. The number of benzene rings is 1. The van der Waals surface area contributed by atoms with Gasteiger partial charge in [0.15, 0.2) is 0 Å². The van der Waals surface area contributed by atoms with Crippen LogP contribution in [0.2, 0.25) is 0 Å². The molecule has 0 aromatic heterocycles. The van der Waals surface area contributed by atoms with Crippen LogP contribution < -0.4 is 0 Å². The number of urea groups is 1. The number of carbonyl (C=O) groups is 2. The van der Waals surface area contributed by atoms with Gasteiger partial charge in [-0.1, -0.05) is 30.3 Å². The maximum Gasteiger partial charge on any atom is 0.319 e. The molecule has 1 aliphatic rings. The molecule has 0 N–H and O–H groups in total. The van der Waals surface area contributed by atoms with Crippen LogP contribution in [0.3, 0.4) is 0 Å². The Balaban J connectivity index is 1.73. The summed E-state index contributed by atoms with van der Waals surface area (Å²) in [6, 6.07) is 10.2. The van der Waals surface area contributed by atoms with Gasteiger partial charge in [0.2, 0.25) is 5.91 Å². The van der Waals surface area contributed by atoms with Gasteiger partial charge in [-0.2, -0.15) is 0 Å². The van der Waals surface area contributed by atoms with Crippen molar-refractivity contribution in [3.05, 3.63) is 35.9 Å². The maximum absolute atomic E-state index is 12.3. The molecule has 0 radical (unpaired) electrons. The Bertz CT molecular complexity index is 504. The highest BCUT2D eigenvalue weighted by Crippen LogP contribution is 2.09. The molecule has 0 bridgehead atoms. The van der Waals surface area contributed by atoms with E-state index in [4.69, 9.17) is 0 Å². The fourth-order valence-electron chi connectivity index (χ4n) is 2.64. The summed E-state index contributed by atoms with van der Waals surface area (Å²) in [5, 5.41) is 0. The van der Waals surface area contributed by atoms with E-state index in [1.165, 1.54) is 5.56 Å². The lowest BCUT2D eigenvalue weighted by molar-refractivity contribution is -0.127. The molecule has 1 aromatic carbocycles. The van der Waals surface area contributed by atoms with Gasteiger partial charge < -0.3 is 14.7 Å². The summed E-state index contributed by atoms with van der Waals surface area (Å²) in [5.41, 5.74) is 1.23. The van der Waals surface area contributed by atoms with Crippen molar-refractivity contribution in [2.24, 2.45) is 0 Å². The van der Waals surface area contributed by atoms with Crippen molar-refractivity contribution >= 4 is 11.9 Å². The fourth-order valence-corrected chi connectivity index (χ4v) is 2.64. The van der Waals surface area contributed by atoms with E-state index in [1.54, 1.807) is 16.8 Å². The summed E-state index contributed by atoms with van der Waals surface area (Å²) in [7, 11) is 3.62. The Morgan fingerprint density at radius 3 is 2.45 bits per heavy atom. The van der Waals surface area contributed by atoms with Crippen molar-refractivity contribution in [2.45, 2.75) is 19.3 Å². The second-order valence-corrected chi connectivity index (χ2v) is 5.85. The van der Waals surface area contributed by atoms with E-state index in [0.29, 0.717) is 26.1 Å².